The van der Waals surface area contributed by atoms with E-state index in [9.17, 15) is 14.7 Å². The Hall–Kier alpha value is -1.56. The van der Waals surface area contributed by atoms with Gasteiger partial charge in [0.25, 0.3) is 0 Å². The third kappa shape index (κ3) is 3.96. The third-order valence-electron chi connectivity index (χ3n) is 3.13. The molecule has 0 aliphatic carbocycles. The number of carbonyl (C=O) groups excluding carboxylic acids is 1. The maximum atomic E-state index is 11.6. The summed E-state index contributed by atoms with van der Waals surface area (Å²) in [4.78, 5) is 24.5. The van der Waals surface area contributed by atoms with Crippen LogP contribution in [0.1, 0.15) is 26.2 Å². The Morgan fingerprint density at radius 3 is 2.53 bits per heavy atom. The molecule has 0 saturated carbocycles. The van der Waals surface area contributed by atoms with Crippen molar-refractivity contribution in [2.45, 2.75) is 31.8 Å². The minimum absolute atomic E-state index is 0.158. The molecular formula is C13H21NO5. The van der Waals surface area contributed by atoms with Gasteiger partial charge in [0.05, 0.1) is 0 Å². The predicted octanol–water partition coefficient (Wildman–Crippen LogP) is 1.65. The van der Waals surface area contributed by atoms with E-state index in [1.54, 1.807) is 0 Å². The van der Waals surface area contributed by atoms with Crippen LogP contribution in [0.4, 0.5) is 4.79 Å². The van der Waals surface area contributed by atoms with Crippen molar-refractivity contribution in [2.24, 2.45) is 0 Å². The predicted molar refractivity (Wildman–Crippen MR) is 69.0 cm³/mol. The van der Waals surface area contributed by atoms with Crippen LogP contribution < -0.4 is 0 Å². The number of likely N-dealkylation sites (tertiary alicyclic amines) is 1. The van der Waals surface area contributed by atoms with Crippen molar-refractivity contribution in [3.05, 3.63) is 12.7 Å². The van der Waals surface area contributed by atoms with Gasteiger partial charge in [0.2, 0.25) is 0 Å². The van der Waals surface area contributed by atoms with Crippen LogP contribution in [-0.2, 0) is 14.3 Å². The average Bonchev–Trinajstić information content (AvgIpc) is 2.42. The Morgan fingerprint density at radius 1 is 1.42 bits per heavy atom. The van der Waals surface area contributed by atoms with Gasteiger partial charge in [0.15, 0.2) is 5.60 Å². The number of carboxylic acid groups (broad SMARTS) is 1. The first-order chi connectivity index (χ1) is 9.05. The van der Waals surface area contributed by atoms with Crippen LogP contribution in [0.5, 0.6) is 0 Å². The first kappa shape index (κ1) is 15.5. The first-order valence-electron chi connectivity index (χ1n) is 6.45. The van der Waals surface area contributed by atoms with Crippen LogP contribution >= 0.6 is 0 Å². The van der Waals surface area contributed by atoms with E-state index in [2.05, 4.69) is 6.58 Å². The van der Waals surface area contributed by atoms with Crippen LogP contribution in [0.2, 0.25) is 0 Å². The fraction of sp³-hybridized carbons (Fsp3) is 0.692. The minimum Gasteiger partial charge on any atom is -0.479 e. The van der Waals surface area contributed by atoms with Gasteiger partial charge in [-0.2, -0.15) is 0 Å². The highest BCUT2D eigenvalue weighted by molar-refractivity contribution is 5.78. The zero-order chi connectivity index (χ0) is 14.3. The van der Waals surface area contributed by atoms with Crippen molar-refractivity contribution < 1.29 is 24.2 Å². The van der Waals surface area contributed by atoms with Gasteiger partial charge in [-0.05, 0) is 6.42 Å². The molecule has 108 valence electrons. The van der Waals surface area contributed by atoms with Crippen molar-refractivity contribution in [1.82, 2.24) is 4.90 Å². The number of nitrogens with zero attached hydrogens (tertiary/aromatic N) is 1. The van der Waals surface area contributed by atoms with Crippen LogP contribution in [0.3, 0.4) is 0 Å². The largest absolute Gasteiger partial charge is 0.479 e. The Labute approximate surface area is 113 Å². The number of rotatable bonds is 6. The molecule has 6 nitrogen and oxygen atoms in total. The summed E-state index contributed by atoms with van der Waals surface area (Å²) in [5.41, 5.74) is -1.16. The number of hydrogen-bond acceptors (Lipinski definition) is 4. The second kappa shape index (κ2) is 7.13. The van der Waals surface area contributed by atoms with Crippen molar-refractivity contribution in [3.63, 3.8) is 0 Å². The third-order valence-corrected chi connectivity index (χ3v) is 3.13. The standard InChI is InChI=1S/C13H21NO5/c1-3-9-18-12(17)14-7-5-13(6-8-14,11(15)16)19-10-4-2/h3H,1,4-10H2,2H3,(H,15,16). The van der Waals surface area contributed by atoms with Gasteiger partial charge in [-0.25, -0.2) is 9.59 Å². The van der Waals surface area contributed by atoms with Crippen LogP contribution in [-0.4, -0.2) is 54.0 Å². The molecule has 0 atom stereocenters. The van der Waals surface area contributed by atoms with E-state index in [1.807, 2.05) is 6.92 Å². The molecule has 0 aromatic carbocycles. The highest BCUT2D eigenvalue weighted by atomic mass is 16.6. The molecule has 1 heterocycles. The van der Waals surface area contributed by atoms with Gasteiger partial charge in [0, 0.05) is 32.5 Å². The molecule has 1 fully saturated rings. The lowest BCUT2D eigenvalue weighted by Gasteiger charge is -2.38. The summed E-state index contributed by atoms with van der Waals surface area (Å²) in [7, 11) is 0. The zero-order valence-corrected chi connectivity index (χ0v) is 11.3. The molecule has 1 N–H and O–H groups in total. The molecule has 0 unspecified atom stereocenters. The first-order valence-corrected chi connectivity index (χ1v) is 6.45. The number of amides is 1. The molecule has 0 bridgehead atoms. The summed E-state index contributed by atoms with van der Waals surface area (Å²) < 4.78 is 10.4. The lowest BCUT2D eigenvalue weighted by atomic mass is 9.91. The van der Waals surface area contributed by atoms with E-state index in [-0.39, 0.29) is 19.4 Å². The molecule has 6 heteroatoms. The molecule has 19 heavy (non-hydrogen) atoms. The molecule has 1 saturated heterocycles. The highest BCUT2D eigenvalue weighted by Crippen LogP contribution is 2.27. The Morgan fingerprint density at radius 2 is 2.05 bits per heavy atom. The Kier molecular flexibility index (Phi) is 5.82. The van der Waals surface area contributed by atoms with Crippen molar-refractivity contribution in [3.8, 4) is 0 Å². The maximum absolute atomic E-state index is 11.6. The van der Waals surface area contributed by atoms with Crippen molar-refractivity contribution >= 4 is 12.1 Å². The normalized spacial score (nSPS) is 17.8. The van der Waals surface area contributed by atoms with Crippen molar-refractivity contribution in [2.75, 3.05) is 26.3 Å². The molecule has 0 spiro atoms. The van der Waals surface area contributed by atoms with Crippen molar-refractivity contribution in [1.29, 1.82) is 0 Å². The minimum atomic E-state index is -1.16. The van der Waals surface area contributed by atoms with Gasteiger partial charge in [-0.3, -0.25) is 0 Å². The zero-order valence-electron chi connectivity index (χ0n) is 11.3. The van der Waals surface area contributed by atoms with E-state index >= 15 is 0 Å². The van der Waals surface area contributed by atoms with Crippen LogP contribution in [0.25, 0.3) is 0 Å². The van der Waals surface area contributed by atoms with Gasteiger partial charge < -0.3 is 19.5 Å². The van der Waals surface area contributed by atoms with Crippen LogP contribution in [0.15, 0.2) is 12.7 Å². The highest BCUT2D eigenvalue weighted by Gasteiger charge is 2.43. The molecule has 1 rings (SSSR count). The number of ether oxygens (including phenoxy) is 2. The molecular weight excluding hydrogens is 250 g/mol. The fourth-order valence-electron chi connectivity index (χ4n) is 1.99. The number of carboxylic acids is 1. The van der Waals surface area contributed by atoms with Gasteiger partial charge in [-0.15, -0.1) is 0 Å². The molecule has 0 aromatic rings. The van der Waals surface area contributed by atoms with E-state index in [4.69, 9.17) is 9.47 Å². The Balaban J connectivity index is 2.55. The van der Waals surface area contributed by atoms with E-state index in [0.717, 1.165) is 6.42 Å². The SMILES string of the molecule is C=CCOC(=O)N1CCC(OCCC)(C(=O)O)CC1. The monoisotopic (exact) mass is 271 g/mol. The van der Waals surface area contributed by atoms with E-state index < -0.39 is 17.7 Å². The molecule has 1 aliphatic heterocycles. The summed E-state index contributed by atoms with van der Waals surface area (Å²) in [5.74, 6) is -0.958. The summed E-state index contributed by atoms with van der Waals surface area (Å²) in [5, 5.41) is 9.31. The average molecular weight is 271 g/mol. The second-order valence-electron chi connectivity index (χ2n) is 4.50. The summed E-state index contributed by atoms with van der Waals surface area (Å²) in [6, 6.07) is 0. The quantitative estimate of drug-likeness (QED) is 0.743. The lowest BCUT2D eigenvalue weighted by Crippen LogP contribution is -2.52. The molecule has 0 aromatic heterocycles. The summed E-state index contributed by atoms with van der Waals surface area (Å²) >= 11 is 0. The number of carbonyl (C=O) groups is 2. The smallest absolute Gasteiger partial charge is 0.410 e. The summed E-state index contributed by atoms with van der Waals surface area (Å²) in [6.45, 7) is 6.61. The van der Waals surface area contributed by atoms with E-state index in [0.29, 0.717) is 19.7 Å². The maximum Gasteiger partial charge on any atom is 0.410 e. The van der Waals surface area contributed by atoms with E-state index in [1.165, 1.54) is 11.0 Å². The molecule has 1 amide bonds. The topological polar surface area (TPSA) is 76.1 Å². The van der Waals surface area contributed by atoms with Gasteiger partial charge in [-0.1, -0.05) is 19.6 Å². The van der Waals surface area contributed by atoms with Crippen LogP contribution in [0, 0.1) is 0 Å². The number of hydrogen-bond donors (Lipinski definition) is 1. The summed E-state index contributed by atoms with van der Waals surface area (Å²) in [6.07, 6.45) is 2.39. The number of piperidine rings is 1. The fourth-order valence-corrected chi connectivity index (χ4v) is 1.99. The Bertz CT molecular complexity index is 334. The van der Waals surface area contributed by atoms with Gasteiger partial charge in [0.1, 0.15) is 6.61 Å². The lowest BCUT2D eigenvalue weighted by molar-refractivity contribution is -0.172. The molecule has 0 radical (unpaired) electrons. The second-order valence-corrected chi connectivity index (χ2v) is 4.50. The number of aliphatic carboxylic acids is 1. The molecule has 1 aliphatic rings. The van der Waals surface area contributed by atoms with Gasteiger partial charge >= 0.3 is 12.1 Å².